The predicted molar refractivity (Wildman–Crippen MR) is 268 cm³/mol. The Bertz CT molecular complexity index is 1950. The molecular formula is C58H88Cl4N4O2. The van der Waals surface area contributed by atoms with Crippen LogP contribution in [0.4, 0.5) is 0 Å². The van der Waals surface area contributed by atoms with Crippen molar-refractivity contribution in [3.05, 3.63) is 142 Å². The van der Waals surface area contributed by atoms with Gasteiger partial charge >= 0.3 is 11.8 Å². The summed E-state index contributed by atoms with van der Waals surface area (Å²) < 4.78 is 2.56. The summed E-state index contributed by atoms with van der Waals surface area (Å²) in [5.74, 6) is 1.88. The molecule has 1 aliphatic heterocycles. The average Bonchev–Trinajstić information content (AvgIpc) is 3.25. The van der Waals surface area contributed by atoms with E-state index in [1.807, 2.05) is 0 Å². The molecule has 0 aliphatic carbocycles. The summed E-state index contributed by atoms with van der Waals surface area (Å²) >= 11 is 0. The lowest BCUT2D eigenvalue weighted by Crippen LogP contribution is -3.00. The Kier molecular flexibility index (Phi) is 25.3. The summed E-state index contributed by atoms with van der Waals surface area (Å²) in [5, 5.41) is 0. The Labute approximate surface area is 439 Å². The van der Waals surface area contributed by atoms with Gasteiger partial charge in [0.2, 0.25) is 0 Å². The Morgan fingerprint density at radius 1 is 0.412 bits per heavy atom. The first-order valence-electron chi connectivity index (χ1n) is 24.8. The molecule has 0 saturated carbocycles. The lowest BCUT2D eigenvalue weighted by atomic mass is 9.88. The zero-order valence-corrected chi connectivity index (χ0v) is 47.3. The van der Waals surface area contributed by atoms with Crippen LogP contribution in [0, 0.1) is 11.8 Å². The Morgan fingerprint density at radius 3 is 0.882 bits per heavy atom. The van der Waals surface area contributed by atoms with Gasteiger partial charge in [-0.25, -0.2) is 18.6 Å². The van der Waals surface area contributed by atoms with Crippen LogP contribution in [0.15, 0.2) is 97.1 Å². The van der Waals surface area contributed by atoms with Gasteiger partial charge in [0, 0.05) is 22.3 Å². The van der Waals surface area contributed by atoms with Crippen LogP contribution in [0.1, 0.15) is 149 Å². The number of hydrogen-bond donors (Lipinski definition) is 0. The molecule has 0 bridgehead atoms. The zero-order chi connectivity index (χ0) is 47.0. The van der Waals surface area contributed by atoms with Gasteiger partial charge in [-0.3, -0.25) is 0 Å². The molecule has 0 N–H and O–H groups in total. The lowest BCUT2D eigenvalue weighted by molar-refractivity contribution is -0.977. The minimum Gasteiger partial charge on any atom is -1.00 e. The van der Waals surface area contributed by atoms with Crippen LogP contribution in [-0.2, 0) is 35.8 Å². The van der Waals surface area contributed by atoms with E-state index in [2.05, 4.69) is 195 Å². The highest BCUT2D eigenvalue weighted by atomic mass is 35.5. The molecule has 1 heterocycles. The Hall–Kier alpha value is -2.78. The predicted octanol–water partition coefficient (Wildman–Crippen LogP) is 0.202. The molecule has 0 spiro atoms. The molecule has 5 rings (SSSR count). The molecule has 68 heavy (non-hydrogen) atoms. The molecule has 380 valence electrons. The number of amides is 2. The molecule has 4 aromatic rings. The fraction of sp³-hybridized carbons (Fsp3) is 0.552. The van der Waals surface area contributed by atoms with Gasteiger partial charge in [-0.1, -0.05) is 139 Å². The van der Waals surface area contributed by atoms with Gasteiger partial charge in [0.05, 0.1) is 54.1 Å². The third kappa shape index (κ3) is 17.2. The van der Waals surface area contributed by atoms with E-state index in [1.54, 1.807) is 0 Å². The van der Waals surface area contributed by atoms with E-state index in [0.29, 0.717) is 71.9 Å². The van der Waals surface area contributed by atoms with E-state index in [-0.39, 0.29) is 73.3 Å². The second kappa shape index (κ2) is 27.2. The largest absolute Gasteiger partial charge is 1.00 e. The van der Waals surface area contributed by atoms with Gasteiger partial charge in [0.15, 0.2) is 0 Å². The van der Waals surface area contributed by atoms with E-state index in [0.717, 1.165) is 47.7 Å². The molecule has 1 fully saturated rings. The van der Waals surface area contributed by atoms with Gasteiger partial charge in [-0.05, 0) is 85.5 Å². The number of carbonyl (C=O) groups is 2. The number of quaternary nitrogens is 4. The number of piperazine rings is 1. The van der Waals surface area contributed by atoms with Crippen LogP contribution in [0.2, 0.25) is 0 Å². The van der Waals surface area contributed by atoms with E-state index < -0.39 is 0 Å². The molecule has 6 nitrogen and oxygen atoms in total. The fourth-order valence-electron chi connectivity index (χ4n) is 10.4. The third-order valence-electron chi connectivity index (χ3n) is 14.8. The number of benzene rings is 4. The molecule has 0 radical (unpaired) electrons. The first-order valence-corrected chi connectivity index (χ1v) is 24.8. The first-order chi connectivity index (χ1) is 30.1. The van der Waals surface area contributed by atoms with Crippen LogP contribution in [0.5, 0.6) is 0 Å². The van der Waals surface area contributed by atoms with Crippen molar-refractivity contribution in [1.29, 1.82) is 0 Å². The highest BCUT2D eigenvalue weighted by Crippen LogP contribution is 2.35. The van der Waals surface area contributed by atoms with Crippen LogP contribution >= 0.6 is 0 Å². The number of hydrogen-bond acceptors (Lipinski definition) is 2. The monoisotopic (exact) mass is 1010 g/mol. The minimum absolute atomic E-state index is 0. The molecular weight excluding hydrogens is 926 g/mol. The van der Waals surface area contributed by atoms with Gasteiger partial charge in [0.1, 0.15) is 52.4 Å². The topological polar surface area (TPSA) is 34.1 Å². The third-order valence-corrected chi connectivity index (χ3v) is 14.8. The number of carbonyl (C=O) groups excluding carboxylic acids is 2. The normalized spacial score (nSPS) is 19.9. The van der Waals surface area contributed by atoms with Crippen molar-refractivity contribution >= 4 is 11.8 Å². The molecule has 0 aromatic heterocycles. The molecule has 2 amide bonds. The standard InChI is InChI=1S/C58H88N4O2.4ClH/c1-15-43(3)53-25-21-51(22-26-53)41-61(57(63)47(7)37-45(5)55-29-17-49(18-30-55)39-59(9,10)11)33-35-62(36-34-61,42-52-23-27-54(28-24-52)44(4)16-2)58(64)48(8)38-46(6)56-31-19-50(20-32-56)40-60(12,13)14;;;;/h17-32,43-48H,15-16,33-42H2,1-14H3;4*1H/q+4;;;;/p-4. The maximum absolute atomic E-state index is 15.3. The number of rotatable bonds is 20. The van der Waals surface area contributed by atoms with Crippen LogP contribution in [-0.4, -0.2) is 98.2 Å². The van der Waals surface area contributed by atoms with Gasteiger partial charge in [-0.15, -0.1) is 0 Å². The van der Waals surface area contributed by atoms with Crippen LogP contribution in [0.3, 0.4) is 0 Å². The van der Waals surface area contributed by atoms with Gasteiger partial charge in [-0.2, -0.15) is 0 Å². The molecule has 1 aliphatic rings. The summed E-state index contributed by atoms with van der Waals surface area (Å²) in [6, 6.07) is 36.3. The second-order valence-corrected chi connectivity index (χ2v) is 22.7. The van der Waals surface area contributed by atoms with Gasteiger partial charge < -0.3 is 58.6 Å². The minimum atomic E-state index is -0.127. The highest BCUT2D eigenvalue weighted by Gasteiger charge is 2.52. The van der Waals surface area contributed by atoms with Gasteiger partial charge in [0.25, 0.3) is 0 Å². The van der Waals surface area contributed by atoms with E-state index >= 15 is 9.59 Å². The molecule has 6 atom stereocenters. The van der Waals surface area contributed by atoms with E-state index in [1.165, 1.54) is 44.5 Å². The summed E-state index contributed by atoms with van der Waals surface area (Å²) in [6.45, 7) is 23.8. The molecule has 6 unspecified atom stereocenters. The van der Waals surface area contributed by atoms with Crippen molar-refractivity contribution in [2.45, 2.75) is 131 Å². The van der Waals surface area contributed by atoms with Crippen LogP contribution in [0.25, 0.3) is 0 Å². The summed E-state index contributed by atoms with van der Waals surface area (Å²) in [5.41, 5.74) is 10.4. The van der Waals surface area contributed by atoms with Crippen molar-refractivity contribution in [2.24, 2.45) is 11.8 Å². The van der Waals surface area contributed by atoms with Crippen molar-refractivity contribution in [2.75, 3.05) is 68.5 Å². The number of halogens is 4. The smallest absolute Gasteiger partial charge is 0.317 e. The quantitative estimate of drug-likeness (QED) is 0.119. The maximum Gasteiger partial charge on any atom is 0.317 e. The average molecular weight is 1020 g/mol. The second-order valence-electron chi connectivity index (χ2n) is 22.7. The van der Waals surface area contributed by atoms with Crippen LogP contribution < -0.4 is 49.6 Å². The molecule has 4 aromatic carbocycles. The number of nitrogens with zero attached hydrogens (tertiary/aromatic N) is 4. The zero-order valence-electron chi connectivity index (χ0n) is 44.3. The van der Waals surface area contributed by atoms with Crippen molar-refractivity contribution in [3.8, 4) is 0 Å². The van der Waals surface area contributed by atoms with Crippen molar-refractivity contribution in [1.82, 2.24) is 0 Å². The fourth-order valence-corrected chi connectivity index (χ4v) is 10.4. The van der Waals surface area contributed by atoms with Crippen molar-refractivity contribution < 1.29 is 77.1 Å². The van der Waals surface area contributed by atoms with E-state index in [9.17, 15) is 0 Å². The van der Waals surface area contributed by atoms with Crippen molar-refractivity contribution in [3.63, 3.8) is 0 Å². The summed E-state index contributed by atoms with van der Waals surface area (Å²) in [4.78, 5) is 30.6. The summed E-state index contributed by atoms with van der Waals surface area (Å²) in [7, 11) is 13.3. The Balaban J connectivity index is 0.00000578. The maximum atomic E-state index is 15.3. The SMILES string of the molecule is CCC(C)c1ccc(C[N+]2(C(=O)C(C)CC(C)c3ccc(C[N+](C)(C)C)cc3)CC[N+](Cc3ccc(C(C)CC)cc3)(C(=O)C(C)CC(C)c3ccc(C[N+](C)(C)C)cc3)CC2)cc1.[Cl-].[Cl-].[Cl-].[Cl-]. The molecule has 1 saturated heterocycles. The Morgan fingerprint density at radius 2 is 0.647 bits per heavy atom. The lowest BCUT2D eigenvalue weighted by Gasteiger charge is -2.48. The summed E-state index contributed by atoms with van der Waals surface area (Å²) in [6.07, 6.45) is 3.79. The highest BCUT2D eigenvalue weighted by molar-refractivity contribution is 5.73. The van der Waals surface area contributed by atoms with E-state index in [4.69, 9.17) is 0 Å². The first kappa shape index (κ1) is 63.2. The molecule has 10 heteroatoms.